The first-order valence-corrected chi connectivity index (χ1v) is 6.61. The minimum Gasteiger partial charge on any atom is -0.464 e. The third-order valence-corrected chi connectivity index (χ3v) is 2.80. The number of esters is 1. The van der Waals surface area contributed by atoms with E-state index in [1.165, 1.54) is 7.11 Å². The molecule has 0 unspecified atom stereocenters. The van der Waals surface area contributed by atoms with Gasteiger partial charge in [-0.2, -0.15) is 0 Å². The van der Waals surface area contributed by atoms with Crippen LogP contribution in [0.25, 0.3) is 0 Å². The summed E-state index contributed by atoms with van der Waals surface area (Å²) in [7, 11) is -2.14. The Morgan fingerprint density at radius 2 is 2.24 bits per heavy atom. The van der Waals surface area contributed by atoms with Crippen LogP contribution in [0.4, 0.5) is 0 Å². The molecule has 0 aromatic carbocycles. The number of sulfonamides is 1. The lowest BCUT2D eigenvalue weighted by Gasteiger charge is -2.01. The topological polar surface area (TPSA) is 114 Å². The number of primary sulfonamides is 1. The van der Waals surface area contributed by atoms with Gasteiger partial charge in [0.1, 0.15) is 5.69 Å². The fourth-order valence-electron chi connectivity index (χ4n) is 1.21. The van der Waals surface area contributed by atoms with Crippen LogP contribution in [0, 0.1) is 0 Å². The Morgan fingerprint density at radius 3 is 2.82 bits per heavy atom. The molecule has 4 N–H and O–H groups in total. The molecule has 1 heterocycles. The molecular formula is C9H15N3O4S. The normalized spacial score (nSPS) is 11.4. The summed E-state index contributed by atoms with van der Waals surface area (Å²) in [6.45, 7) is 0.678. The zero-order valence-electron chi connectivity index (χ0n) is 9.39. The smallest absolute Gasteiger partial charge is 0.354 e. The Morgan fingerprint density at radius 1 is 1.53 bits per heavy atom. The SMILES string of the molecule is COC(=O)c1ccc(CNCCS(N)(=O)=O)[nH]1. The van der Waals surface area contributed by atoms with E-state index in [0.29, 0.717) is 12.2 Å². The Hall–Kier alpha value is -1.38. The van der Waals surface area contributed by atoms with Crippen LogP contribution >= 0.6 is 0 Å². The van der Waals surface area contributed by atoms with E-state index in [0.717, 1.165) is 5.69 Å². The predicted molar refractivity (Wildman–Crippen MR) is 61.8 cm³/mol. The maximum Gasteiger partial charge on any atom is 0.354 e. The van der Waals surface area contributed by atoms with E-state index in [1.54, 1.807) is 12.1 Å². The third-order valence-electron chi connectivity index (χ3n) is 2.03. The van der Waals surface area contributed by atoms with Gasteiger partial charge in [0.15, 0.2) is 0 Å². The van der Waals surface area contributed by atoms with Crippen LogP contribution in [0.5, 0.6) is 0 Å². The van der Waals surface area contributed by atoms with Crippen LogP contribution in [0.1, 0.15) is 16.2 Å². The van der Waals surface area contributed by atoms with Crippen molar-refractivity contribution < 1.29 is 17.9 Å². The highest BCUT2D eigenvalue weighted by Gasteiger charge is 2.07. The van der Waals surface area contributed by atoms with Gasteiger partial charge in [0.05, 0.1) is 12.9 Å². The molecule has 8 heteroatoms. The average molecular weight is 261 g/mol. The van der Waals surface area contributed by atoms with Gasteiger partial charge in [-0.05, 0) is 12.1 Å². The fourth-order valence-corrected chi connectivity index (χ4v) is 1.64. The van der Waals surface area contributed by atoms with Crippen molar-refractivity contribution in [1.29, 1.82) is 0 Å². The van der Waals surface area contributed by atoms with E-state index in [-0.39, 0.29) is 12.3 Å². The molecule has 0 amide bonds. The van der Waals surface area contributed by atoms with E-state index >= 15 is 0 Å². The van der Waals surface area contributed by atoms with Crippen molar-refractivity contribution in [2.24, 2.45) is 5.14 Å². The number of nitrogens with one attached hydrogen (secondary N) is 2. The lowest BCUT2D eigenvalue weighted by Crippen LogP contribution is -2.26. The lowest BCUT2D eigenvalue weighted by atomic mass is 10.4. The van der Waals surface area contributed by atoms with Crippen molar-refractivity contribution in [3.8, 4) is 0 Å². The van der Waals surface area contributed by atoms with Gasteiger partial charge in [0.2, 0.25) is 10.0 Å². The number of ether oxygens (including phenoxy) is 1. The first-order valence-electron chi connectivity index (χ1n) is 4.90. The summed E-state index contributed by atoms with van der Waals surface area (Å²) in [6, 6.07) is 3.32. The van der Waals surface area contributed by atoms with E-state index in [1.807, 2.05) is 0 Å². The summed E-state index contributed by atoms with van der Waals surface area (Å²) in [5, 5.41) is 7.73. The van der Waals surface area contributed by atoms with Crippen LogP contribution in [-0.2, 0) is 21.3 Å². The molecule has 1 rings (SSSR count). The number of carbonyl (C=O) groups is 1. The second-order valence-corrected chi connectivity index (χ2v) is 5.17. The molecule has 96 valence electrons. The predicted octanol–water partition coefficient (Wildman–Crippen LogP) is -0.821. The van der Waals surface area contributed by atoms with Crippen LogP contribution in [-0.4, -0.2) is 38.8 Å². The number of carbonyl (C=O) groups excluding carboxylic acids is 1. The van der Waals surface area contributed by atoms with Gasteiger partial charge in [-0.1, -0.05) is 0 Å². The summed E-state index contributed by atoms with van der Waals surface area (Å²) in [4.78, 5) is 14.0. The van der Waals surface area contributed by atoms with Gasteiger partial charge < -0.3 is 15.0 Å². The second-order valence-electron chi connectivity index (χ2n) is 3.43. The molecule has 0 aliphatic rings. The Bertz CT molecular complexity index is 480. The molecule has 7 nitrogen and oxygen atoms in total. The Balaban J connectivity index is 2.38. The summed E-state index contributed by atoms with van der Waals surface area (Å²) < 4.78 is 25.8. The first-order chi connectivity index (χ1) is 7.92. The lowest BCUT2D eigenvalue weighted by molar-refractivity contribution is 0.0594. The van der Waals surface area contributed by atoms with Crippen molar-refractivity contribution in [1.82, 2.24) is 10.3 Å². The molecule has 0 atom stereocenters. The number of hydrogen-bond acceptors (Lipinski definition) is 5. The molecule has 0 aliphatic carbocycles. The van der Waals surface area contributed by atoms with Crippen molar-refractivity contribution in [3.63, 3.8) is 0 Å². The van der Waals surface area contributed by atoms with Gasteiger partial charge in [-0.25, -0.2) is 18.4 Å². The highest BCUT2D eigenvalue weighted by atomic mass is 32.2. The van der Waals surface area contributed by atoms with Crippen LogP contribution < -0.4 is 10.5 Å². The molecule has 0 saturated heterocycles. The van der Waals surface area contributed by atoms with E-state index in [4.69, 9.17) is 5.14 Å². The number of H-pyrrole nitrogens is 1. The van der Waals surface area contributed by atoms with Crippen LogP contribution in [0.15, 0.2) is 12.1 Å². The molecule has 0 radical (unpaired) electrons. The molecule has 0 aliphatic heterocycles. The molecule has 1 aromatic rings. The minimum atomic E-state index is -3.44. The maximum absolute atomic E-state index is 11.1. The number of rotatable bonds is 6. The molecule has 0 spiro atoms. The largest absolute Gasteiger partial charge is 0.464 e. The summed E-state index contributed by atoms with van der Waals surface area (Å²) in [6.07, 6.45) is 0. The highest BCUT2D eigenvalue weighted by Crippen LogP contribution is 2.02. The average Bonchev–Trinajstić information content (AvgIpc) is 2.70. The number of aromatic amines is 1. The minimum absolute atomic E-state index is 0.127. The van der Waals surface area contributed by atoms with Crippen molar-refractivity contribution in [2.45, 2.75) is 6.54 Å². The molecule has 17 heavy (non-hydrogen) atoms. The van der Waals surface area contributed by atoms with E-state index < -0.39 is 16.0 Å². The number of aromatic nitrogens is 1. The standard InChI is InChI=1S/C9H15N3O4S/c1-16-9(13)8-3-2-7(12-8)6-11-4-5-17(10,14)15/h2-3,11-12H,4-6H2,1H3,(H2,10,14,15). The molecule has 1 aromatic heterocycles. The third kappa shape index (κ3) is 4.98. The number of methoxy groups -OCH3 is 1. The molecular weight excluding hydrogens is 246 g/mol. The Kier molecular flexibility index (Phi) is 4.67. The number of nitrogens with two attached hydrogens (primary N) is 1. The quantitative estimate of drug-likeness (QED) is 0.457. The van der Waals surface area contributed by atoms with Gasteiger partial charge in [-0.15, -0.1) is 0 Å². The van der Waals surface area contributed by atoms with Crippen molar-refractivity contribution in [2.75, 3.05) is 19.4 Å². The van der Waals surface area contributed by atoms with Crippen LogP contribution in [0.3, 0.4) is 0 Å². The maximum atomic E-state index is 11.1. The van der Waals surface area contributed by atoms with Crippen LogP contribution in [0.2, 0.25) is 0 Å². The monoisotopic (exact) mass is 261 g/mol. The van der Waals surface area contributed by atoms with Gasteiger partial charge >= 0.3 is 5.97 Å². The first kappa shape index (κ1) is 13.7. The Labute approximate surface area is 99.4 Å². The zero-order valence-corrected chi connectivity index (χ0v) is 10.2. The fraction of sp³-hybridized carbons (Fsp3) is 0.444. The van der Waals surface area contributed by atoms with E-state index in [2.05, 4.69) is 15.0 Å². The number of hydrogen-bond donors (Lipinski definition) is 3. The summed E-state index contributed by atoms with van der Waals surface area (Å²) in [5.74, 6) is -0.571. The van der Waals surface area contributed by atoms with E-state index in [9.17, 15) is 13.2 Å². The zero-order chi connectivity index (χ0) is 12.9. The molecule has 0 fully saturated rings. The van der Waals surface area contributed by atoms with Gasteiger partial charge in [-0.3, -0.25) is 0 Å². The summed E-state index contributed by atoms with van der Waals surface area (Å²) in [5.41, 5.74) is 1.12. The van der Waals surface area contributed by atoms with Gasteiger partial charge in [0, 0.05) is 18.8 Å². The molecule has 0 bridgehead atoms. The highest BCUT2D eigenvalue weighted by molar-refractivity contribution is 7.89. The molecule has 0 saturated carbocycles. The summed E-state index contributed by atoms with van der Waals surface area (Å²) >= 11 is 0. The van der Waals surface area contributed by atoms with Crippen molar-refractivity contribution >= 4 is 16.0 Å². The van der Waals surface area contributed by atoms with Crippen molar-refractivity contribution in [3.05, 3.63) is 23.5 Å². The second kappa shape index (κ2) is 5.80. The van der Waals surface area contributed by atoms with Gasteiger partial charge in [0.25, 0.3) is 0 Å².